The Hall–Kier alpha value is -4.52. The molecule has 2 aromatic heterocycles. The van der Waals surface area contributed by atoms with Gasteiger partial charge in [-0.25, -0.2) is 14.6 Å². The second-order valence-corrected chi connectivity index (χ2v) is 8.61. The summed E-state index contributed by atoms with van der Waals surface area (Å²) < 4.78 is 7.58. The van der Waals surface area contributed by atoms with Crippen molar-refractivity contribution < 1.29 is 4.74 Å². The summed E-state index contributed by atoms with van der Waals surface area (Å²) in [5.41, 5.74) is 4.06. The van der Waals surface area contributed by atoms with Crippen molar-refractivity contribution in [2.24, 2.45) is 5.92 Å². The Balaban J connectivity index is 1.30. The highest BCUT2D eigenvalue weighted by atomic mass is 16.5. The molecule has 7 heteroatoms. The van der Waals surface area contributed by atoms with Crippen molar-refractivity contribution in [1.29, 1.82) is 0 Å². The first kappa shape index (κ1) is 23.2. The lowest BCUT2D eigenvalue weighted by Crippen LogP contribution is -2.16. The zero-order valence-electron chi connectivity index (χ0n) is 20.0. The molecule has 1 unspecified atom stereocenters. The van der Waals surface area contributed by atoms with E-state index in [1.807, 2.05) is 61.7 Å². The summed E-state index contributed by atoms with van der Waals surface area (Å²) in [5, 5.41) is 7.73. The lowest BCUT2D eigenvalue weighted by molar-refractivity contribution is 0.274. The van der Waals surface area contributed by atoms with Crippen LogP contribution in [0.1, 0.15) is 17.7 Å². The van der Waals surface area contributed by atoms with Gasteiger partial charge in [-0.05, 0) is 36.2 Å². The Morgan fingerprint density at radius 2 is 1.92 bits per heavy atom. The highest BCUT2D eigenvalue weighted by molar-refractivity contribution is 5.56. The molecule has 0 bridgehead atoms. The van der Waals surface area contributed by atoms with Crippen molar-refractivity contribution in [1.82, 2.24) is 19.7 Å². The average Bonchev–Trinajstić information content (AvgIpc) is 2.94. The van der Waals surface area contributed by atoms with Crippen molar-refractivity contribution in [3.63, 3.8) is 0 Å². The molecule has 1 aliphatic carbocycles. The summed E-state index contributed by atoms with van der Waals surface area (Å²) in [6, 6.07) is 17.3. The zero-order chi connectivity index (χ0) is 24.7. The highest BCUT2D eigenvalue weighted by Gasteiger charge is 2.10. The molecule has 2 aromatic carbocycles. The molecule has 7 nitrogen and oxygen atoms in total. The third-order valence-electron chi connectivity index (χ3n) is 6.00. The van der Waals surface area contributed by atoms with Crippen LogP contribution >= 0.6 is 0 Å². The zero-order valence-corrected chi connectivity index (χ0v) is 20.0. The Bertz CT molecular complexity index is 1460. The molecule has 0 aliphatic heterocycles. The number of ether oxygens (including phenoxy) is 1. The van der Waals surface area contributed by atoms with Crippen molar-refractivity contribution in [2.75, 3.05) is 19.0 Å². The number of nitrogens with one attached hydrogen (secondary N) is 1. The minimum absolute atomic E-state index is 0.0949. The van der Waals surface area contributed by atoms with E-state index in [0.29, 0.717) is 36.2 Å². The van der Waals surface area contributed by atoms with E-state index in [1.54, 1.807) is 29.3 Å². The second kappa shape index (κ2) is 10.8. The molecular weight excluding hydrogens is 450 g/mol. The van der Waals surface area contributed by atoms with Crippen molar-refractivity contribution in [2.45, 2.75) is 12.8 Å². The van der Waals surface area contributed by atoms with Crippen LogP contribution in [0.3, 0.4) is 0 Å². The molecule has 5 rings (SSSR count). The van der Waals surface area contributed by atoms with Crippen molar-refractivity contribution in [3.8, 4) is 22.8 Å². The van der Waals surface area contributed by atoms with Gasteiger partial charge in [-0.15, -0.1) is 0 Å². The van der Waals surface area contributed by atoms with Gasteiger partial charge in [0.25, 0.3) is 0 Å². The smallest absolute Gasteiger partial charge is 0.203 e. The van der Waals surface area contributed by atoms with Crippen LogP contribution < -0.4 is 15.5 Å². The molecule has 1 atom stereocenters. The third kappa shape index (κ3) is 5.58. The largest absolute Gasteiger partial charge is 0.490 e. The number of rotatable bonds is 8. The van der Waals surface area contributed by atoms with Gasteiger partial charge in [0, 0.05) is 42.9 Å². The standard InChI is InChI=1S/C29H27N5O2/c1-30-24-11-6-12-25(17-24)34-14-13-28(35)27(33-34)16-22-9-5-10-23(15-22)29-31-18-26(19-32-29)36-20-21-7-3-2-4-8-21/h2-7,9-15,17-19,21,30H,8,16,20H2,1H3. The number of allylic oxidation sites excluding steroid dienone is 3. The summed E-state index contributed by atoms with van der Waals surface area (Å²) in [6.07, 6.45) is 14.9. The predicted octanol–water partition coefficient (Wildman–Crippen LogP) is 4.83. The molecule has 0 saturated heterocycles. The maximum atomic E-state index is 12.6. The van der Waals surface area contributed by atoms with E-state index in [2.05, 4.69) is 38.6 Å². The highest BCUT2D eigenvalue weighted by Crippen LogP contribution is 2.20. The van der Waals surface area contributed by atoms with E-state index in [0.717, 1.165) is 28.9 Å². The quantitative estimate of drug-likeness (QED) is 0.391. The topological polar surface area (TPSA) is 81.9 Å². The van der Waals surface area contributed by atoms with Gasteiger partial charge in [-0.3, -0.25) is 4.79 Å². The Morgan fingerprint density at radius 1 is 1.06 bits per heavy atom. The van der Waals surface area contributed by atoms with E-state index < -0.39 is 0 Å². The first-order valence-corrected chi connectivity index (χ1v) is 11.9. The number of aromatic nitrogens is 4. The first-order valence-electron chi connectivity index (χ1n) is 11.9. The Labute approximate surface area is 209 Å². The monoisotopic (exact) mass is 477 g/mol. The molecule has 2 heterocycles. The van der Waals surface area contributed by atoms with Gasteiger partial charge < -0.3 is 10.1 Å². The Morgan fingerprint density at radius 3 is 2.72 bits per heavy atom. The van der Waals surface area contributed by atoms with Crippen molar-refractivity contribution >= 4 is 5.69 Å². The lowest BCUT2D eigenvalue weighted by Gasteiger charge is -2.14. The fourth-order valence-electron chi connectivity index (χ4n) is 4.03. The lowest BCUT2D eigenvalue weighted by atomic mass is 10.0. The van der Waals surface area contributed by atoms with E-state index in [4.69, 9.17) is 4.74 Å². The average molecular weight is 478 g/mol. The van der Waals surface area contributed by atoms with E-state index in [-0.39, 0.29) is 5.43 Å². The van der Waals surface area contributed by atoms with Crippen LogP contribution in [0.4, 0.5) is 5.69 Å². The van der Waals surface area contributed by atoms with Crippen LogP contribution in [0, 0.1) is 5.92 Å². The van der Waals surface area contributed by atoms with Gasteiger partial charge in [-0.1, -0.05) is 48.6 Å². The minimum atomic E-state index is -0.0949. The maximum Gasteiger partial charge on any atom is 0.203 e. The second-order valence-electron chi connectivity index (χ2n) is 8.61. The molecule has 180 valence electrons. The van der Waals surface area contributed by atoms with Crippen molar-refractivity contribution in [3.05, 3.63) is 119 Å². The van der Waals surface area contributed by atoms with E-state index in [9.17, 15) is 4.79 Å². The summed E-state index contributed by atoms with van der Waals surface area (Å²) >= 11 is 0. The first-order chi connectivity index (χ1) is 17.7. The minimum Gasteiger partial charge on any atom is -0.490 e. The fourth-order valence-corrected chi connectivity index (χ4v) is 4.03. The normalized spacial score (nSPS) is 14.5. The van der Waals surface area contributed by atoms with Gasteiger partial charge in [0.05, 0.1) is 24.7 Å². The molecule has 36 heavy (non-hydrogen) atoms. The summed E-state index contributed by atoms with van der Waals surface area (Å²) in [4.78, 5) is 21.5. The van der Waals surface area contributed by atoms with Crippen LogP contribution in [0.15, 0.2) is 102 Å². The number of hydrogen-bond acceptors (Lipinski definition) is 6. The SMILES string of the molecule is CNc1cccc(-n2ccc(=O)c(Cc3cccc(-c4ncc(OCC5C=CC=CC5)cn4)c3)n2)c1. The summed E-state index contributed by atoms with van der Waals surface area (Å²) in [5.74, 6) is 1.62. The molecular formula is C29H27N5O2. The van der Waals surface area contributed by atoms with Crippen LogP contribution in [0.2, 0.25) is 0 Å². The third-order valence-corrected chi connectivity index (χ3v) is 6.00. The van der Waals surface area contributed by atoms with Gasteiger partial charge in [0.1, 0.15) is 5.69 Å². The van der Waals surface area contributed by atoms with E-state index >= 15 is 0 Å². The molecule has 0 saturated carbocycles. The van der Waals surface area contributed by atoms with Crippen LogP contribution in [-0.2, 0) is 6.42 Å². The fraction of sp³-hybridized carbons (Fsp3) is 0.172. The molecule has 0 fully saturated rings. The number of hydrogen-bond donors (Lipinski definition) is 1. The molecule has 0 radical (unpaired) electrons. The maximum absolute atomic E-state index is 12.6. The molecule has 0 amide bonds. The van der Waals surface area contributed by atoms with Crippen LogP contribution in [-0.4, -0.2) is 33.4 Å². The van der Waals surface area contributed by atoms with Crippen LogP contribution in [0.5, 0.6) is 5.75 Å². The Kier molecular flexibility index (Phi) is 6.98. The summed E-state index contributed by atoms with van der Waals surface area (Å²) in [6.45, 7) is 0.597. The molecule has 4 aromatic rings. The van der Waals surface area contributed by atoms with Gasteiger partial charge in [0.2, 0.25) is 5.43 Å². The number of nitrogens with zero attached hydrogens (tertiary/aromatic N) is 4. The van der Waals surface area contributed by atoms with Crippen LogP contribution in [0.25, 0.3) is 17.1 Å². The van der Waals surface area contributed by atoms with Gasteiger partial charge in [-0.2, -0.15) is 5.10 Å². The number of benzene rings is 2. The van der Waals surface area contributed by atoms with Gasteiger partial charge >= 0.3 is 0 Å². The number of anilines is 1. The van der Waals surface area contributed by atoms with E-state index in [1.165, 1.54) is 0 Å². The molecule has 1 N–H and O–H groups in total. The molecule has 0 spiro atoms. The van der Waals surface area contributed by atoms with Gasteiger partial charge in [0.15, 0.2) is 11.6 Å². The summed E-state index contributed by atoms with van der Waals surface area (Å²) in [7, 11) is 1.87. The molecule has 1 aliphatic rings. The predicted molar refractivity (Wildman–Crippen MR) is 142 cm³/mol.